The van der Waals surface area contributed by atoms with Crippen LogP contribution in [0.5, 0.6) is 5.75 Å². The highest BCUT2D eigenvalue weighted by atomic mass is 35.5. The lowest BCUT2D eigenvalue weighted by Gasteiger charge is -2.29. The summed E-state index contributed by atoms with van der Waals surface area (Å²) in [6.07, 6.45) is -5.27. The zero-order valence-electron chi connectivity index (χ0n) is 25.4. The van der Waals surface area contributed by atoms with Gasteiger partial charge in [-0.1, -0.05) is 55.8 Å². The first-order valence-electron chi connectivity index (χ1n) is 13.6. The minimum Gasteiger partial charge on any atom is -0.497 e. The van der Waals surface area contributed by atoms with Crippen molar-refractivity contribution >= 4 is 35.1 Å². The minimum atomic E-state index is -5.27. The average Bonchev–Trinajstić information content (AvgIpc) is 2.95. The molecule has 45 heavy (non-hydrogen) atoms. The van der Waals surface area contributed by atoms with Gasteiger partial charge in [0.2, 0.25) is 11.8 Å². The van der Waals surface area contributed by atoms with E-state index in [1.807, 2.05) is 10.6 Å². The van der Waals surface area contributed by atoms with E-state index in [1.54, 1.807) is 20.8 Å². The smallest absolute Gasteiger partial charge is 0.452 e. The number of nitrogens with one attached hydrogen (secondary N) is 3. The maximum Gasteiger partial charge on any atom is 0.452 e. The van der Waals surface area contributed by atoms with Gasteiger partial charge in [0.1, 0.15) is 17.8 Å². The van der Waals surface area contributed by atoms with Gasteiger partial charge in [0.15, 0.2) is 0 Å². The molecule has 9 nitrogen and oxygen atoms in total. The topological polar surface area (TPSA) is 123 Å². The second kappa shape index (κ2) is 15.0. The summed E-state index contributed by atoms with van der Waals surface area (Å²) in [5, 5.41) is 5.84. The van der Waals surface area contributed by atoms with Gasteiger partial charge >= 0.3 is 12.1 Å². The van der Waals surface area contributed by atoms with Crippen LogP contribution in [0.4, 0.5) is 22.0 Å². The number of carbonyl (C=O) groups is 4. The second-order valence-corrected chi connectivity index (χ2v) is 11.7. The molecule has 0 saturated carbocycles. The maximum atomic E-state index is 15.2. The van der Waals surface area contributed by atoms with Gasteiger partial charge in [0, 0.05) is 5.56 Å². The molecule has 0 aliphatic rings. The fourth-order valence-electron chi connectivity index (χ4n) is 3.89. The molecular formula is C30H35ClF5N3O6. The van der Waals surface area contributed by atoms with Crippen LogP contribution in [0.2, 0.25) is 5.02 Å². The van der Waals surface area contributed by atoms with Crippen molar-refractivity contribution in [2.24, 2.45) is 5.92 Å². The largest absolute Gasteiger partial charge is 0.497 e. The van der Waals surface area contributed by atoms with E-state index in [2.05, 4.69) is 5.32 Å². The lowest BCUT2D eigenvalue weighted by atomic mass is 9.97. The molecular weight excluding hydrogens is 629 g/mol. The first-order chi connectivity index (χ1) is 20.7. The predicted molar refractivity (Wildman–Crippen MR) is 155 cm³/mol. The summed E-state index contributed by atoms with van der Waals surface area (Å²) in [6.45, 7) is 6.71. The standard InChI is InChI=1S/C30H35ClF5N3O6/c1-16(2)22(24(40)30(34,35)36)38-26(42)23(17-11-13-18(44-6)14-12-17)39-25(41)21(15-45-28(3,4)5)37-27(43)29(32,33)19-9-7-8-10-20(19)31/h7-14,16,21-23H,15H2,1-6H3,(H,37,43)(H,38,42)(H,39,41). The Labute approximate surface area is 262 Å². The van der Waals surface area contributed by atoms with E-state index < -0.39 is 82.4 Å². The number of amides is 3. The molecule has 3 amide bonds. The van der Waals surface area contributed by atoms with Crippen LogP contribution >= 0.6 is 11.6 Å². The molecule has 3 unspecified atom stereocenters. The highest BCUT2D eigenvalue weighted by Gasteiger charge is 2.46. The summed E-state index contributed by atoms with van der Waals surface area (Å²) in [6, 6.07) is 4.56. The number of rotatable bonds is 13. The summed E-state index contributed by atoms with van der Waals surface area (Å²) < 4.78 is 80.8. The third kappa shape index (κ3) is 10.4. The van der Waals surface area contributed by atoms with Crippen LogP contribution in [-0.4, -0.2) is 61.1 Å². The van der Waals surface area contributed by atoms with Gasteiger partial charge in [-0.05, 0) is 50.5 Å². The molecule has 0 aliphatic carbocycles. The Kier molecular flexibility index (Phi) is 12.5. The Morgan fingerprint density at radius 1 is 0.844 bits per heavy atom. The number of alkyl halides is 5. The molecule has 0 saturated heterocycles. The summed E-state index contributed by atoms with van der Waals surface area (Å²) in [4.78, 5) is 51.8. The van der Waals surface area contributed by atoms with Gasteiger partial charge in [-0.2, -0.15) is 22.0 Å². The SMILES string of the molecule is COc1ccc(C(NC(=O)C(COC(C)(C)C)NC(=O)C(F)(F)c2ccccc2Cl)C(=O)NC(C(=O)C(F)(F)F)C(C)C)cc1. The van der Waals surface area contributed by atoms with E-state index in [1.165, 1.54) is 57.4 Å². The van der Waals surface area contributed by atoms with Crippen molar-refractivity contribution in [1.29, 1.82) is 0 Å². The monoisotopic (exact) mass is 663 g/mol. The lowest BCUT2D eigenvalue weighted by molar-refractivity contribution is -0.175. The zero-order chi connectivity index (χ0) is 34.3. The molecule has 0 bridgehead atoms. The number of halogens is 6. The molecule has 15 heteroatoms. The molecule has 248 valence electrons. The fraction of sp³-hybridized carbons (Fsp3) is 0.467. The third-order valence-electron chi connectivity index (χ3n) is 6.33. The molecule has 0 spiro atoms. The van der Waals surface area contributed by atoms with E-state index in [-0.39, 0.29) is 5.56 Å². The number of ether oxygens (including phenoxy) is 2. The van der Waals surface area contributed by atoms with Gasteiger partial charge in [-0.25, -0.2) is 0 Å². The van der Waals surface area contributed by atoms with E-state index in [9.17, 15) is 32.3 Å². The van der Waals surface area contributed by atoms with Crippen LogP contribution in [0.15, 0.2) is 48.5 Å². The van der Waals surface area contributed by atoms with Gasteiger partial charge in [-0.15, -0.1) is 0 Å². The van der Waals surface area contributed by atoms with Gasteiger partial charge < -0.3 is 25.4 Å². The van der Waals surface area contributed by atoms with E-state index in [0.717, 1.165) is 12.1 Å². The van der Waals surface area contributed by atoms with Crippen molar-refractivity contribution in [3.8, 4) is 5.75 Å². The molecule has 2 aromatic carbocycles. The van der Waals surface area contributed by atoms with E-state index in [0.29, 0.717) is 5.75 Å². The Balaban J connectivity index is 2.47. The average molecular weight is 664 g/mol. The number of carbonyl (C=O) groups excluding carboxylic acids is 4. The van der Waals surface area contributed by atoms with Crippen molar-refractivity contribution in [3.05, 3.63) is 64.7 Å². The van der Waals surface area contributed by atoms with Crippen LogP contribution in [0.3, 0.4) is 0 Å². The molecule has 0 heterocycles. The number of Topliss-reactive ketones (excluding diaryl/α,β-unsaturated/α-hetero) is 1. The molecule has 3 atom stereocenters. The number of hydrogen-bond acceptors (Lipinski definition) is 6. The summed E-state index contributed by atoms with van der Waals surface area (Å²) >= 11 is 5.87. The quantitative estimate of drug-likeness (QED) is 0.263. The van der Waals surface area contributed by atoms with Crippen LogP contribution in [-0.2, 0) is 29.8 Å². The Morgan fingerprint density at radius 3 is 1.91 bits per heavy atom. The van der Waals surface area contributed by atoms with Crippen molar-refractivity contribution in [1.82, 2.24) is 16.0 Å². The molecule has 2 aromatic rings. The van der Waals surface area contributed by atoms with Gasteiger partial charge in [0.25, 0.3) is 11.7 Å². The number of ketones is 1. The third-order valence-corrected chi connectivity index (χ3v) is 6.66. The normalized spacial score (nSPS) is 14.2. The van der Waals surface area contributed by atoms with Crippen LogP contribution in [0.1, 0.15) is 51.8 Å². The van der Waals surface area contributed by atoms with Crippen molar-refractivity contribution in [2.45, 2.75) is 70.4 Å². The van der Waals surface area contributed by atoms with Gasteiger partial charge in [-0.3, -0.25) is 19.2 Å². The van der Waals surface area contributed by atoms with Crippen molar-refractivity contribution < 1.29 is 50.6 Å². The molecule has 0 radical (unpaired) electrons. The molecule has 2 rings (SSSR count). The van der Waals surface area contributed by atoms with Crippen molar-refractivity contribution in [2.75, 3.05) is 13.7 Å². The summed E-state index contributed by atoms with van der Waals surface area (Å²) in [5.41, 5.74) is -1.71. The Morgan fingerprint density at radius 2 is 1.42 bits per heavy atom. The Bertz CT molecular complexity index is 1360. The van der Waals surface area contributed by atoms with E-state index >= 15 is 8.78 Å². The molecule has 0 aliphatic heterocycles. The van der Waals surface area contributed by atoms with Gasteiger partial charge in [0.05, 0.1) is 30.4 Å². The zero-order valence-corrected chi connectivity index (χ0v) is 26.1. The predicted octanol–water partition coefficient (Wildman–Crippen LogP) is 4.87. The second-order valence-electron chi connectivity index (χ2n) is 11.3. The maximum absolute atomic E-state index is 15.2. The fourth-order valence-corrected chi connectivity index (χ4v) is 4.15. The highest BCUT2D eigenvalue weighted by molar-refractivity contribution is 6.31. The summed E-state index contributed by atoms with van der Waals surface area (Å²) in [7, 11) is 1.36. The highest BCUT2D eigenvalue weighted by Crippen LogP contribution is 2.33. The Hall–Kier alpha value is -3.78. The minimum absolute atomic E-state index is 0.0341. The van der Waals surface area contributed by atoms with Crippen LogP contribution in [0, 0.1) is 5.92 Å². The molecule has 0 fully saturated rings. The number of methoxy groups -OCH3 is 1. The van der Waals surface area contributed by atoms with E-state index in [4.69, 9.17) is 21.1 Å². The summed E-state index contributed by atoms with van der Waals surface area (Å²) in [5.74, 6) is -11.4. The molecule has 3 N–H and O–H groups in total. The van der Waals surface area contributed by atoms with Crippen molar-refractivity contribution in [3.63, 3.8) is 0 Å². The first-order valence-corrected chi connectivity index (χ1v) is 14.0. The number of hydrogen-bond donors (Lipinski definition) is 3. The van der Waals surface area contributed by atoms with Crippen LogP contribution in [0.25, 0.3) is 0 Å². The molecule has 0 aromatic heterocycles. The van der Waals surface area contributed by atoms with Crippen LogP contribution < -0.4 is 20.7 Å². The number of benzene rings is 2. The first kappa shape index (κ1) is 37.4. The lowest BCUT2D eigenvalue weighted by Crippen LogP contribution is -2.57.